The number of carbonyl (C=O) groups is 1. The predicted octanol–water partition coefficient (Wildman–Crippen LogP) is 5.73. The van der Waals surface area contributed by atoms with E-state index in [2.05, 4.69) is 6.07 Å². The van der Waals surface area contributed by atoms with E-state index in [1.807, 2.05) is 67.6 Å². The van der Waals surface area contributed by atoms with Crippen LogP contribution in [0.15, 0.2) is 65.7 Å². The molecular formula is C25H24N2O3S. The quantitative estimate of drug-likeness (QED) is 0.334. The van der Waals surface area contributed by atoms with E-state index in [1.54, 1.807) is 14.0 Å². The standard InChI is InChI=1S/C25H24N2O3S/c1-4-23(25(28)30-5-2)31-24-21(16-26)20(17-9-7-6-8-10-17)15-22(27-24)18-11-13-19(29-3)14-12-18/h6-15,23H,4-5H2,1-3H3. The molecule has 1 heterocycles. The van der Waals surface area contributed by atoms with Gasteiger partial charge in [0.2, 0.25) is 0 Å². The Hall–Kier alpha value is -3.30. The number of carbonyl (C=O) groups excluding carboxylic acids is 1. The first-order valence-electron chi connectivity index (χ1n) is 10.1. The summed E-state index contributed by atoms with van der Waals surface area (Å²) in [5.41, 5.74) is 3.78. The summed E-state index contributed by atoms with van der Waals surface area (Å²) in [6.45, 7) is 4.02. The molecule has 0 spiro atoms. The van der Waals surface area contributed by atoms with Crippen molar-refractivity contribution in [2.45, 2.75) is 30.5 Å². The van der Waals surface area contributed by atoms with Crippen molar-refractivity contribution in [2.75, 3.05) is 13.7 Å². The summed E-state index contributed by atoms with van der Waals surface area (Å²) in [6.07, 6.45) is 0.573. The lowest BCUT2D eigenvalue weighted by atomic mass is 9.99. The van der Waals surface area contributed by atoms with Crippen LogP contribution in [-0.2, 0) is 9.53 Å². The van der Waals surface area contributed by atoms with E-state index < -0.39 is 5.25 Å². The second-order valence-electron chi connectivity index (χ2n) is 6.71. The highest BCUT2D eigenvalue weighted by Gasteiger charge is 2.24. The minimum atomic E-state index is -0.436. The Balaban J connectivity index is 2.15. The Morgan fingerprint density at radius 3 is 2.39 bits per heavy atom. The number of esters is 1. The smallest absolute Gasteiger partial charge is 0.319 e. The highest BCUT2D eigenvalue weighted by Crippen LogP contribution is 2.36. The molecule has 0 radical (unpaired) electrons. The lowest BCUT2D eigenvalue weighted by Gasteiger charge is -2.16. The summed E-state index contributed by atoms with van der Waals surface area (Å²) in [6, 6.07) is 21.6. The molecule has 0 fully saturated rings. The van der Waals surface area contributed by atoms with Crippen LogP contribution in [0.4, 0.5) is 0 Å². The highest BCUT2D eigenvalue weighted by atomic mass is 32.2. The maximum Gasteiger partial charge on any atom is 0.319 e. The van der Waals surface area contributed by atoms with Gasteiger partial charge >= 0.3 is 5.97 Å². The summed E-state index contributed by atoms with van der Waals surface area (Å²) >= 11 is 1.28. The van der Waals surface area contributed by atoms with Crippen molar-refractivity contribution in [2.24, 2.45) is 0 Å². The zero-order valence-corrected chi connectivity index (χ0v) is 18.6. The van der Waals surface area contributed by atoms with Crippen LogP contribution in [0.2, 0.25) is 0 Å². The molecule has 0 saturated carbocycles. The molecule has 1 atom stereocenters. The fourth-order valence-corrected chi connectivity index (χ4v) is 4.16. The van der Waals surface area contributed by atoms with Gasteiger partial charge < -0.3 is 9.47 Å². The predicted molar refractivity (Wildman–Crippen MR) is 123 cm³/mol. The Morgan fingerprint density at radius 1 is 1.10 bits per heavy atom. The first kappa shape index (κ1) is 22.4. The largest absolute Gasteiger partial charge is 0.497 e. The molecule has 31 heavy (non-hydrogen) atoms. The van der Waals surface area contributed by atoms with Crippen molar-refractivity contribution < 1.29 is 14.3 Å². The Labute approximate surface area is 187 Å². The fraction of sp³-hybridized carbons (Fsp3) is 0.240. The normalized spacial score (nSPS) is 11.4. The van der Waals surface area contributed by atoms with Crippen LogP contribution < -0.4 is 4.74 Å². The number of rotatable bonds is 8. The van der Waals surface area contributed by atoms with Crippen molar-refractivity contribution in [1.82, 2.24) is 4.98 Å². The number of nitrogens with zero attached hydrogens (tertiary/aromatic N) is 2. The summed E-state index contributed by atoms with van der Waals surface area (Å²) in [5.74, 6) is 0.459. The van der Waals surface area contributed by atoms with Crippen LogP contribution in [0, 0.1) is 11.3 Å². The van der Waals surface area contributed by atoms with Gasteiger partial charge in [-0.1, -0.05) is 49.0 Å². The van der Waals surface area contributed by atoms with Gasteiger partial charge in [-0.25, -0.2) is 4.98 Å². The van der Waals surface area contributed by atoms with E-state index in [-0.39, 0.29) is 5.97 Å². The Kier molecular flexibility index (Phi) is 7.69. The molecular weight excluding hydrogens is 408 g/mol. The molecule has 0 N–H and O–H groups in total. The molecule has 5 nitrogen and oxygen atoms in total. The van der Waals surface area contributed by atoms with Crippen LogP contribution in [0.25, 0.3) is 22.4 Å². The van der Waals surface area contributed by atoms with Gasteiger partial charge in [0, 0.05) is 11.1 Å². The van der Waals surface area contributed by atoms with Crippen LogP contribution >= 0.6 is 11.8 Å². The molecule has 0 aliphatic rings. The van der Waals surface area contributed by atoms with Crippen LogP contribution in [0.3, 0.4) is 0 Å². The number of nitriles is 1. The molecule has 0 saturated heterocycles. The van der Waals surface area contributed by atoms with Crippen molar-refractivity contribution in [3.8, 4) is 34.2 Å². The van der Waals surface area contributed by atoms with E-state index >= 15 is 0 Å². The summed E-state index contributed by atoms with van der Waals surface area (Å²) in [4.78, 5) is 17.2. The number of thioether (sulfide) groups is 1. The van der Waals surface area contributed by atoms with Gasteiger partial charge in [0.1, 0.15) is 22.1 Å². The van der Waals surface area contributed by atoms with Gasteiger partial charge in [-0.3, -0.25) is 4.79 Å². The minimum absolute atomic E-state index is 0.295. The average Bonchev–Trinajstić information content (AvgIpc) is 2.82. The zero-order chi connectivity index (χ0) is 22.2. The number of methoxy groups -OCH3 is 1. The maximum absolute atomic E-state index is 12.4. The maximum atomic E-state index is 12.4. The molecule has 0 aliphatic carbocycles. The van der Waals surface area contributed by atoms with Gasteiger partial charge in [-0.05, 0) is 49.2 Å². The van der Waals surface area contributed by atoms with Crippen molar-refractivity contribution in [3.63, 3.8) is 0 Å². The number of aromatic nitrogens is 1. The zero-order valence-electron chi connectivity index (χ0n) is 17.8. The molecule has 158 valence electrons. The van der Waals surface area contributed by atoms with Gasteiger partial charge in [0.15, 0.2) is 0 Å². The molecule has 1 unspecified atom stereocenters. The molecule has 6 heteroatoms. The SMILES string of the molecule is CCOC(=O)C(CC)Sc1nc(-c2ccc(OC)cc2)cc(-c2ccccc2)c1C#N. The van der Waals surface area contributed by atoms with Crippen molar-refractivity contribution in [3.05, 3.63) is 66.2 Å². The van der Waals surface area contributed by atoms with Gasteiger partial charge in [0.25, 0.3) is 0 Å². The molecule has 3 aromatic rings. The van der Waals surface area contributed by atoms with E-state index in [0.717, 1.165) is 28.1 Å². The first-order valence-corrected chi connectivity index (χ1v) is 11.0. The lowest BCUT2D eigenvalue weighted by molar-refractivity contribution is -0.142. The monoisotopic (exact) mass is 432 g/mol. The third kappa shape index (κ3) is 5.25. The number of ether oxygens (including phenoxy) is 2. The van der Waals surface area contributed by atoms with Gasteiger partial charge in [-0.15, -0.1) is 0 Å². The number of benzene rings is 2. The van der Waals surface area contributed by atoms with E-state index in [1.165, 1.54) is 11.8 Å². The number of hydrogen-bond acceptors (Lipinski definition) is 6. The van der Waals surface area contributed by atoms with Gasteiger partial charge in [0.05, 0.1) is 25.0 Å². The summed E-state index contributed by atoms with van der Waals surface area (Å²) < 4.78 is 10.5. The summed E-state index contributed by atoms with van der Waals surface area (Å²) in [7, 11) is 1.62. The third-order valence-electron chi connectivity index (χ3n) is 4.74. The Bertz CT molecular complexity index is 1080. The third-order valence-corrected chi connectivity index (χ3v) is 6.07. The molecule has 2 aromatic carbocycles. The van der Waals surface area contributed by atoms with E-state index in [9.17, 15) is 10.1 Å². The molecule has 0 aliphatic heterocycles. The van der Waals surface area contributed by atoms with E-state index in [0.29, 0.717) is 23.6 Å². The molecule has 0 amide bonds. The topological polar surface area (TPSA) is 72.2 Å². The highest BCUT2D eigenvalue weighted by molar-refractivity contribution is 8.00. The molecule has 3 rings (SSSR count). The fourth-order valence-electron chi connectivity index (χ4n) is 3.14. The van der Waals surface area contributed by atoms with Gasteiger partial charge in [-0.2, -0.15) is 5.26 Å². The van der Waals surface area contributed by atoms with Crippen LogP contribution in [0.1, 0.15) is 25.8 Å². The second-order valence-corrected chi connectivity index (χ2v) is 7.90. The molecule has 1 aromatic heterocycles. The van der Waals surface area contributed by atoms with Crippen LogP contribution in [-0.4, -0.2) is 29.9 Å². The molecule has 0 bridgehead atoms. The lowest BCUT2D eigenvalue weighted by Crippen LogP contribution is -2.19. The number of pyridine rings is 1. The summed E-state index contributed by atoms with van der Waals surface area (Å²) in [5, 5.41) is 10.1. The Morgan fingerprint density at radius 2 is 1.81 bits per heavy atom. The first-order chi connectivity index (χ1) is 15.1. The number of hydrogen-bond donors (Lipinski definition) is 0. The second kappa shape index (κ2) is 10.6. The van der Waals surface area contributed by atoms with Crippen molar-refractivity contribution >= 4 is 17.7 Å². The van der Waals surface area contributed by atoms with Crippen molar-refractivity contribution in [1.29, 1.82) is 5.26 Å². The minimum Gasteiger partial charge on any atom is -0.497 e. The average molecular weight is 433 g/mol. The van der Waals surface area contributed by atoms with E-state index in [4.69, 9.17) is 14.5 Å². The van der Waals surface area contributed by atoms with Crippen LogP contribution in [0.5, 0.6) is 5.75 Å².